The number of nitrogen functional groups attached to an aromatic ring is 1. The molecule has 0 aliphatic carbocycles. The van der Waals surface area contributed by atoms with Gasteiger partial charge >= 0.3 is 0 Å². The summed E-state index contributed by atoms with van der Waals surface area (Å²) in [6.45, 7) is 2.73. The molecule has 3 rings (SSSR count). The molecule has 0 amide bonds. The monoisotopic (exact) mass is 277 g/mol. The molecular weight excluding hydrogens is 262 g/mol. The van der Waals surface area contributed by atoms with Crippen LogP contribution in [0.2, 0.25) is 0 Å². The van der Waals surface area contributed by atoms with Crippen LogP contribution in [-0.4, -0.2) is 9.67 Å². The Labute approximate surface area is 122 Å². The quantitative estimate of drug-likeness (QED) is 0.704. The van der Waals surface area contributed by atoms with Crippen LogP contribution in [0.15, 0.2) is 42.5 Å². The highest BCUT2D eigenvalue weighted by Gasteiger charge is 2.18. The SMILES string of the molecule is CCn1c(-c2ccc(N)cc2)c(C#N)c2ccc(O)cc21. The van der Waals surface area contributed by atoms with Gasteiger partial charge in [0.2, 0.25) is 0 Å². The van der Waals surface area contributed by atoms with Crippen LogP contribution >= 0.6 is 0 Å². The van der Waals surface area contributed by atoms with Gasteiger partial charge in [-0.05, 0) is 36.8 Å². The number of rotatable bonds is 2. The third-order valence-electron chi connectivity index (χ3n) is 3.66. The summed E-state index contributed by atoms with van der Waals surface area (Å²) < 4.78 is 2.04. The van der Waals surface area contributed by atoms with E-state index in [1.54, 1.807) is 18.2 Å². The Kier molecular flexibility index (Phi) is 3.03. The molecule has 4 nitrogen and oxygen atoms in total. The fraction of sp³-hybridized carbons (Fsp3) is 0.118. The Balaban J connectivity index is 2.40. The molecule has 0 fully saturated rings. The molecular formula is C17H15N3O. The molecule has 3 aromatic rings. The maximum absolute atomic E-state index is 9.72. The predicted molar refractivity (Wildman–Crippen MR) is 83.8 cm³/mol. The van der Waals surface area contributed by atoms with Crippen molar-refractivity contribution in [3.05, 3.63) is 48.0 Å². The lowest BCUT2D eigenvalue weighted by atomic mass is 10.1. The zero-order valence-electron chi connectivity index (χ0n) is 11.7. The van der Waals surface area contributed by atoms with Crippen molar-refractivity contribution in [2.75, 3.05) is 5.73 Å². The number of benzene rings is 2. The van der Waals surface area contributed by atoms with Crippen LogP contribution in [0.3, 0.4) is 0 Å². The van der Waals surface area contributed by atoms with Gasteiger partial charge in [-0.15, -0.1) is 0 Å². The van der Waals surface area contributed by atoms with E-state index in [0.717, 1.165) is 22.2 Å². The van der Waals surface area contributed by atoms with Crippen molar-refractivity contribution >= 4 is 16.6 Å². The molecule has 0 saturated carbocycles. The van der Waals surface area contributed by atoms with Crippen LogP contribution in [-0.2, 0) is 6.54 Å². The topological polar surface area (TPSA) is 75.0 Å². The molecule has 1 aromatic heterocycles. The molecule has 21 heavy (non-hydrogen) atoms. The third-order valence-corrected chi connectivity index (χ3v) is 3.66. The third kappa shape index (κ3) is 2.00. The lowest BCUT2D eigenvalue weighted by Gasteiger charge is -2.09. The Morgan fingerprint density at radius 1 is 1.19 bits per heavy atom. The van der Waals surface area contributed by atoms with Crippen LogP contribution < -0.4 is 5.73 Å². The molecule has 104 valence electrons. The fourth-order valence-electron chi connectivity index (χ4n) is 2.72. The first kappa shape index (κ1) is 13.1. The van der Waals surface area contributed by atoms with E-state index in [2.05, 4.69) is 6.07 Å². The van der Waals surface area contributed by atoms with Gasteiger partial charge in [0.05, 0.1) is 16.8 Å². The standard InChI is InChI=1S/C17H15N3O/c1-2-20-16-9-13(21)7-8-14(16)15(10-18)17(20)11-3-5-12(19)6-4-11/h3-9,21H,2,19H2,1H3. The highest BCUT2D eigenvalue weighted by atomic mass is 16.3. The number of nitrogens with zero attached hydrogens (tertiary/aromatic N) is 2. The van der Waals surface area contributed by atoms with Crippen molar-refractivity contribution in [3.63, 3.8) is 0 Å². The second-order valence-corrected chi connectivity index (χ2v) is 4.90. The maximum Gasteiger partial charge on any atom is 0.117 e. The number of phenolic OH excluding ortho intramolecular Hbond substituents is 1. The molecule has 2 aromatic carbocycles. The highest BCUT2D eigenvalue weighted by molar-refractivity contribution is 5.95. The van der Waals surface area contributed by atoms with Crippen LogP contribution in [0.1, 0.15) is 12.5 Å². The van der Waals surface area contributed by atoms with Gasteiger partial charge in [0.1, 0.15) is 11.8 Å². The van der Waals surface area contributed by atoms with Gasteiger partial charge < -0.3 is 15.4 Å². The van der Waals surface area contributed by atoms with E-state index in [-0.39, 0.29) is 5.75 Å². The summed E-state index contributed by atoms with van der Waals surface area (Å²) >= 11 is 0. The van der Waals surface area contributed by atoms with Crippen molar-refractivity contribution in [1.29, 1.82) is 5.26 Å². The van der Waals surface area contributed by atoms with Crippen molar-refractivity contribution in [2.45, 2.75) is 13.5 Å². The molecule has 4 heteroatoms. The number of aryl methyl sites for hydroxylation is 1. The first-order valence-electron chi connectivity index (χ1n) is 6.77. The molecule has 0 bridgehead atoms. The number of hydrogen-bond donors (Lipinski definition) is 2. The Morgan fingerprint density at radius 2 is 1.90 bits per heavy atom. The molecule has 0 aliphatic rings. The minimum atomic E-state index is 0.197. The van der Waals surface area contributed by atoms with E-state index < -0.39 is 0 Å². The van der Waals surface area contributed by atoms with Gasteiger partial charge in [-0.25, -0.2) is 0 Å². The smallest absolute Gasteiger partial charge is 0.117 e. The Morgan fingerprint density at radius 3 is 2.52 bits per heavy atom. The molecule has 1 heterocycles. The molecule has 0 unspecified atom stereocenters. The number of hydrogen-bond acceptors (Lipinski definition) is 3. The Hall–Kier alpha value is -2.93. The fourth-order valence-corrected chi connectivity index (χ4v) is 2.72. The zero-order chi connectivity index (χ0) is 15.0. The number of phenols is 1. The van der Waals surface area contributed by atoms with Crippen LogP contribution in [0, 0.1) is 11.3 Å². The second kappa shape index (κ2) is 4.88. The van der Waals surface area contributed by atoms with E-state index in [4.69, 9.17) is 5.73 Å². The summed E-state index contributed by atoms with van der Waals surface area (Å²) in [5.74, 6) is 0.197. The van der Waals surface area contributed by atoms with E-state index in [0.29, 0.717) is 17.8 Å². The zero-order valence-corrected chi connectivity index (χ0v) is 11.7. The normalized spacial score (nSPS) is 10.7. The molecule has 0 atom stereocenters. The lowest BCUT2D eigenvalue weighted by molar-refractivity contribution is 0.476. The predicted octanol–water partition coefficient (Wildman–Crippen LogP) is 3.49. The molecule has 0 spiro atoms. The minimum Gasteiger partial charge on any atom is -0.508 e. The number of aromatic nitrogens is 1. The molecule has 3 N–H and O–H groups in total. The van der Waals surface area contributed by atoms with Gasteiger partial charge in [-0.2, -0.15) is 5.26 Å². The number of anilines is 1. The van der Waals surface area contributed by atoms with Crippen molar-refractivity contribution < 1.29 is 5.11 Å². The average Bonchev–Trinajstić information content (AvgIpc) is 2.80. The van der Waals surface area contributed by atoms with Crippen LogP contribution in [0.4, 0.5) is 5.69 Å². The summed E-state index contributed by atoms with van der Waals surface area (Å²) in [6, 6.07) is 14.9. The number of fused-ring (bicyclic) bond motifs is 1. The summed E-state index contributed by atoms with van der Waals surface area (Å²) in [5, 5.41) is 20.1. The largest absolute Gasteiger partial charge is 0.508 e. The number of nitrogens with two attached hydrogens (primary N) is 1. The summed E-state index contributed by atoms with van der Waals surface area (Å²) in [4.78, 5) is 0. The number of aromatic hydroxyl groups is 1. The van der Waals surface area contributed by atoms with Crippen LogP contribution in [0.5, 0.6) is 5.75 Å². The summed E-state index contributed by atoms with van der Waals surface area (Å²) in [7, 11) is 0. The van der Waals surface area contributed by atoms with Crippen LogP contribution in [0.25, 0.3) is 22.2 Å². The van der Waals surface area contributed by atoms with Gasteiger partial charge in [0, 0.05) is 23.7 Å². The average molecular weight is 277 g/mol. The summed E-state index contributed by atoms with van der Waals surface area (Å²) in [6.07, 6.45) is 0. The van der Waals surface area contributed by atoms with Gasteiger partial charge in [-0.1, -0.05) is 12.1 Å². The van der Waals surface area contributed by atoms with E-state index >= 15 is 0 Å². The molecule has 0 radical (unpaired) electrons. The maximum atomic E-state index is 9.72. The van der Waals surface area contributed by atoms with Crippen molar-refractivity contribution in [2.24, 2.45) is 0 Å². The highest BCUT2D eigenvalue weighted by Crippen LogP contribution is 2.35. The van der Waals surface area contributed by atoms with Gasteiger partial charge in [-0.3, -0.25) is 0 Å². The second-order valence-electron chi connectivity index (χ2n) is 4.90. The summed E-state index contributed by atoms with van der Waals surface area (Å²) in [5.41, 5.74) is 9.71. The molecule has 0 aliphatic heterocycles. The van der Waals surface area contributed by atoms with Gasteiger partial charge in [0.25, 0.3) is 0 Å². The van der Waals surface area contributed by atoms with E-state index in [1.165, 1.54) is 0 Å². The van der Waals surface area contributed by atoms with Gasteiger partial charge in [0.15, 0.2) is 0 Å². The first-order chi connectivity index (χ1) is 10.2. The number of nitriles is 1. The van der Waals surface area contributed by atoms with E-state index in [9.17, 15) is 10.4 Å². The lowest BCUT2D eigenvalue weighted by Crippen LogP contribution is -1.97. The van der Waals surface area contributed by atoms with Crippen molar-refractivity contribution in [1.82, 2.24) is 4.57 Å². The van der Waals surface area contributed by atoms with E-state index in [1.807, 2.05) is 35.8 Å². The molecule has 0 saturated heterocycles. The first-order valence-corrected chi connectivity index (χ1v) is 6.77. The van der Waals surface area contributed by atoms with Crippen molar-refractivity contribution in [3.8, 4) is 23.1 Å². The Bertz CT molecular complexity index is 854. The minimum absolute atomic E-state index is 0.197.